The van der Waals surface area contributed by atoms with Crippen molar-refractivity contribution in [2.24, 2.45) is 0 Å². The molecule has 0 bridgehead atoms. The molecule has 0 fully saturated rings. The van der Waals surface area contributed by atoms with Crippen molar-refractivity contribution in [1.82, 2.24) is 0 Å². The Balaban J connectivity index is 0.000000231. The minimum atomic E-state index is -5.04. The van der Waals surface area contributed by atoms with Crippen LogP contribution in [0.3, 0.4) is 0 Å². The molecule has 14 aromatic carbocycles. The molecule has 0 aliphatic rings. The number of phenols is 4. The van der Waals surface area contributed by atoms with E-state index in [1.54, 1.807) is 159 Å². The van der Waals surface area contributed by atoms with Gasteiger partial charge in [-0.2, -0.15) is 0 Å². The number of phenolic OH excluding ortho intramolecular Hbond substituents is 4. The molecular formula is C90H64F4K2O20S4. The first-order valence-electron chi connectivity index (χ1n) is 34.4. The number of sulfone groups is 2. The van der Waals surface area contributed by atoms with Crippen LogP contribution < -0.4 is 131 Å². The Hall–Kier alpha value is -11.1. The SMILES string of the molecule is C#Cc1ccc(-c2cc(C)ccc2Oc2ccc(Oc3ccc(S(=O)(=O)c4ccc(Oc5ccc(Oc6ccc(OC)cc6)cc5)cc4)cc3)c(S(=O)(=O)[O-])c2)cc1.C#Cc1ccc(-c2cc(F)ccc2F)cc1.O=S(=O)([O-])c1cc(O)ccc1O.O=S(=O)(c1ccc(F)cc1)c1ccc(F)cc1.Oc1ccc(Oc2ccc(O)cc2)cc1.[K+].[K+]. The monoisotopic (exact) mass is 1750 g/mol. The number of methoxy groups -OCH3 is 1. The Morgan fingerprint density at radius 3 is 1.02 bits per heavy atom. The predicted octanol–water partition coefficient (Wildman–Crippen LogP) is 13.9. The zero-order valence-corrected chi connectivity index (χ0v) is 73.2. The van der Waals surface area contributed by atoms with Gasteiger partial charge in [-0.05, 0) is 291 Å². The first kappa shape index (κ1) is 94.4. The summed E-state index contributed by atoms with van der Waals surface area (Å²) in [6.07, 6.45) is 10.7. The summed E-state index contributed by atoms with van der Waals surface area (Å²) in [6, 6.07) is 76.8. The number of benzene rings is 14. The Morgan fingerprint density at radius 1 is 0.317 bits per heavy atom. The van der Waals surface area contributed by atoms with E-state index < -0.39 is 78.7 Å². The fourth-order valence-corrected chi connectivity index (χ4v) is 14.2. The minimum absolute atomic E-state index is 0. The van der Waals surface area contributed by atoms with Crippen molar-refractivity contribution >= 4 is 39.9 Å². The van der Waals surface area contributed by atoms with Crippen molar-refractivity contribution in [2.75, 3.05) is 7.11 Å². The van der Waals surface area contributed by atoms with Gasteiger partial charge in [-0.1, -0.05) is 47.7 Å². The van der Waals surface area contributed by atoms with E-state index in [0.29, 0.717) is 63.0 Å². The smallest absolute Gasteiger partial charge is 0.744 e. The van der Waals surface area contributed by atoms with Gasteiger partial charge >= 0.3 is 103 Å². The van der Waals surface area contributed by atoms with E-state index in [1.165, 1.54) is 78.9 Å². The second-order valence-corrected chi connectivity index (χ2v) is 31.3. The molecule has 0 unspecified atom stereocenters. The molecule has 0 saturated carbocycles. The van der Waals surface area contributed by atoms with Crippen molar-refractivity contribution in [3.8, 4) is 133 Å². The Labute approximate surface area is 774 Å². The first-order valence-corrected chi connectivity index (χ1v) is 40.2. The summed E-state index contributed by atoms with van der Waals surface area (Å²) in [4.78, 5) is -1.54. The zero-order chi connectivity index (χ0) is 84.9. The summed E-state index contributed by atoms with van der Waals surface area (Å²) >= 11 is 0. The summed E-state index contributed by atoms with van der Waals surface area (Å²) in [6.45, 7) is 1.93. The van der Waals surface area contributed by atoms with Gasteiger partial charge in [0.1, 0.15) is 135 Å². The van der Waals surface area contributed by atoms with E-state index in [4.69, 9.17) is 61.7 Å². The van der Waals surface area contributed by atoms with Gasteiger partial charge < -0.3 is 58.0 Å². The van der Waals surface area contributed by atoms with Crippen LogP contribution in [0.5, 0.6) is 86.2 Å². The quantitative estimate of drug-likeness (QED) is 0.0146. The number of halogens is 4. The topological polar surface area (TPSA) is 319 Å². The van der Waals surface area contributed by atoms with Gasteiger partial charge in [0.2, 0.25) is 19.7 Å². The van der Waals surface area contributed by atoms with Crippen LogP contribution in [0.15, 0.2) is 345 Å². The molecule has 0 radical (unpaired) electrons. The molecule has 14 aromatic rings. The molecule has 30 heteroatoms. The summed E-state index contributed by atoms with van der Waals surface area (Å²) in [5.41, 5.74) is 4.79. The van der Waals surface area contributed by atoms with Crippen LogP contribution in [0, 0.1) is 54.9 Å². The van der Waals surface area contributed by atoms with Crippen molar-refractivity contribution in [3.05, 3.63) is 355 Å². The van der Waals surface area contributed by atoms with E-state index in [2.05, 4.69) is 11.8 Å². The molecule has 0 aromatic heterocycles. The predicted molar refractivity (Wildman–Crippen MR) is 429 cm³/mol. The van der Waals surface area contributed by atoms with Crippen LogP contribution >= 0.6 is 0 Å². The molecule has 20 nitrogen and oxygen atoms in total. The van der Waals surface area contributed by atoms with Crippen molar-refractivity contribution in [3.63, 3.8) is 0 Å². The number of ether oxygens (including phenoxy) is 6. The van der Waals surface area contributed by atoms with E-state index >= 15 is 0 Å². The maximum Gasteiger partial charge on any atom is 1.00 e. The van der Waals surface area contributed by atoms with Crippen LogP contribution in [-0.2, 0) is 39.9 Å². The number of rotatable bonds is 19. The van der Waals surface area contributed by atoms with Crippen molar-refractivity contribution < 1.29 is 212 Å². The van der Waals surface area contributed by atoms with Gasteiger partial charge in [0.25, 0.3) is 0 Å². The average Bonchev–Trinajstić information content (AvgIpc) is 0.785. The molecule has 4 N–H and O–H groups in total. The number of hydrogen-bond donors (Lipinski definition) is 4. The molecule has 0 aliphatic carbocycles. The number of terminal acetylenes is 2. The molecule has 0 saturated heterocycles. The molecule has 120 heavy (non-hydrogen) atoms. The van der Waals surface area contributed by atoms with Gasteiger partial charge in [-0.25, -0.2) is 51.2 Å². The average molecular weight is 1750 g/mol. The van der Waals surface area contributed by atoms with Gasteiger partial charge in [0, 0.05) is 34.4 Å². The largest absolute Gasteiger partial charge is 1.00 e. The minimum Gasteiger partial charge on any atom is -0.744 e. The fourth-order valence-electron chi connectivity index (χ4n) is 10.5. The first-order chi connectivity index (χ1) is 56.2. The number of aromatic hydroxyl groups is 4. The molecule has 598 valence electrons. The van der Waals surface area contributed by atoms with Gasteiger partial charge in [0.15, 0.2) is 0 Å². The van der Waals surface area contributed by atoms with E-state index in [-0.39, 0.29) is 162 Å². The Bertz CT molecular complexity index is 6320. The molecule has 0 heterocycles. The summed E-state index contributed by atoms with van der Waals surface area (Å²) in [5, 5.41) is 35.8. The van der Waals surface area contributed by atoms with Gasteiger partial charge in [0.05, 0.1) is 31.6 Å². The van der Waals surface area contributed by atoms with E-state index in [1.807, 2.05) is 31.2 Å². The van der Waals surface area contributed by atoms with Crippen molar-refractivity contribution in [1.29, 1.82) is 0 Å². The maximum atomic E-state index is 13.5. The third-order valence-electron chi connectivity index (χ3n) is 16.4. The number of hydrogen-bond acceptors (Lipinski definition) is 20. The molecule has 0 atom stereocenters. The maximum absolute atomic E-state index is 13.5. The van der Waals surface area contributed by atoms with Crippen LogP contribution in [-0.4, -0.2) is 70.3 Å². The van der Waals surface area contributed by atoms with Crippen LogP contribution in [0.4, 0.5) is 17.6 Å². The van der Waals surface area contributed by atoms with Crippen LogP contribution in [0.2, 0.25) is 0 Å². The molecule has 14 rings (SSSR count). The Kier molecular flexibility index (Phi) is 34.0. The molecule has 0 amide bonds. The van der Waals surface area contributed by atoms with E-state index in [0.717, 1.165) is 77.0 Å². The number of aryl methyl sites for hydroxylation is 1. The van der Waals surface area contributed by atoms with Gasteiger partial charge in [-0.3, -0.25) is 0 Å². The molecule has 0 aliphatic heterocycles. The standard InChI is InChI=1S/C46H34O10S2.C14H8F2.C12H8F2O2S.C12H10O3.C6H6O5S.2K/c1-4-32-6-8-33(9-7-32)43-29-31(2)5-27-44(43)56-40-22-28-45(46(30-40)58(49,50)51)55-39-20-25-42(26-21-39)57(47,48)41-23-18-38(19-24-41)54-37-16-14-36(15-17-37)53-35-12-10-34(52-3)11-13-35;1-2-10-3-5-11(6-4-10)13-9-12(15)7-8-14(13)16;13-9-1-5-11(6-2-9)17(15,16)12-7-3-10(14)4-8-12;13-9-1-5-11(6-2-9)15-12-7-3-10(14)4-8-12;7-4-1-2-5(8)6(3-4)12(9,10)11;;/h1,5-30H,2-3H3,(H,49,50,51);1,3-9H;1-8H;1-8,13-14H;1-3,7-8H,(H,9,10,11);;/q;;;;;2*+1/p-2. The molecular weight excluding hydrogens is 1680 g/mol. The second-order valence-electron chi connectivity index (χ2n) is 24.7. The third-order valence-corrected chi connectivity index (χ3v) is 21.7. The summed E-state index contributed by atoms with van der Waals surface area (Å²) in [7, 11) is -15.8. The summed E-state index contributed by atoms with van der Waals surface area (Å²) in [5.74, 6) is 6.98. The fraction of sp³-hybridized carbons (Fsp3) is 0.0222. The molecule has 0 spiro atoms. The van der Waals surface area contributed by atoms with Crippen LogP contribution in [0.1, 0.15) is 16.7 Å². The Morgan fingerprint density at radius 2 is 0.642 bits per heavy atom. The van der Waals surface area contributed by atoms with Crippen molar-refractivity contribution in [2.45, 2.75) is 36.3 Å². The zero-order valence-electron chi connectivity index (χ0n) is 63.6. The summed E-state index contributed by atoms with van der Waals surface area (Å²) < 4.78 is 205. The van der Waals surface area contributed by atoms with Gasteiger partial charge in [-0.15, -0.1) is 12.8 Å². The normalized spacial score (nSPS) is 10.8. The second kappa shape index (κ2) is 43.2. The van der Waals surface area contributed by atoms with E-state index in [9.17, 15) is 60.3 Å². The third kappa shape index (κ3) is 27.0. The van der Waals surface area contributed by atoms with Crippen LogP contribution in [0.25, 0.3) is 22.3 Å².